The fourth-order valence-corrected chi connectivity index (χ4v) is 5.24. The Morgan fingerprint density at radius 2 is 1.84 bits per heavy atom. The highest BCUT2D eigenvalue weighted by Gasteiger charge is 2.44. The smallest absolute Gasteiger partial charge is 0.408 e. The first kappa shape index (κ1) is 27.2. The fraction of sp³-hybridized carbons (Fsp3) is 0.640. The average Bonchev–Trinajstić information content (AvgIpc) is 3.44. The lowest BCUT2D eigenvalue weighted by molar-refractivity contribution is -0.184. The number of carbonyl (C=O) groups is 2. The minimum Gasteiger partial charge on any atom is -0.481 e. The van der Waals surface area contributed by atoms with Crippen molar-refractivity contribution in [2.45, 2.75) is 70.2 Å². The van der Waals surface area contributed by atoms with Crippen LogP contribution in [0.25, 0.3) is 11.0 Å². The Bertz CT molecular complexity index is 1150. The van der Waals surface area contributed by atoms with Gasteiger partial charge in [0.25, 0.3) is 0 Å². The third-order valence-electron chi connectivity index (χ3n) is 7.11. The number of carbonyl (C=O) groups excluding carboxylic acids is 1. The van der Waals surface area contributed by atoms with Crippen LogP contribution in [0, 0.1) is 23.6 Å². The quantitative estimate of drug-likeness (QED) is 0.444. The molecule has 3 atom stereocenters. The van der Waals surface area contributed by atoms with Crippen LogP contribution in [0.4, 0.5) is 22.4 Å². The summed E-state index contributed by atoms with van der Waals surface area (Å²) in [6.07, 6.45) is -4.83. The second-order valence-corrected chi connectivity index (χ2v) is 10.9. The number of hydrogen-bond donors (Lipinski definition) is 3. The second-order valence-electron chi connectivity index (χ2n) is 10.9. The van der Waals surface area contributed by atoms with Crippen LogP contribution in [0.5, 0.6) is 0 Å². The number of aromatic amines is 1. The summed E-state index contributed by atoms with van der Waals surface area (Å²) in [7, 11) is 0. The number of ether oxygens (including phenoxy) is 2. The maximum atomic E-state index is 15.6. The lowest BCUT2D eigenvalue weighted by Gasteiger charge is -2.34. The van der Waals surface area contributed by atoms with Crippen LogP contribution in [-0.2, 0) is 14.3 Å². The van der Waals surface area contributed by atoms with Crippen molar-refractivity contribution >= 4 is 23.1 Å². The van der Waals surface area contributed by atoms with E-state index in [1.54, 1.807) is 26.8 Å². The van der Waals surface area contributed by atoms with Crippen LogP contribution in [-0.4, -0.2) is 52.1 Å². The number of rotatable bonds is 5. The number of alkyl carbamates (subject to hydrolysis) is 1. The molecule has 1 aromatic heterocycles. The van der Waals surface area contributed by atoms with E-state index in [9.17, 15) is 27.9 Å². The summed E-state index contributed by atoms with van der Waals surface area (Å²) in [5.41, 5.74) is -0.357. The predicted octanol–water partition coefficient (Wildman–Crippen LogP) is 5.45. The minimum absolute atomic E-state index is 0.0220. The molecule has 0 spiro atoms. The zero-order valence-corrected chi connectivity index (χ0v) is 20.8. The van der Waals surface area contributed by atoms with Gasteiger partial charge in [0.1, 0.15) is 16.9 Å². The number of nitrogens with one attached hydrogen (secondary N) is 2. The van der Waals surface area contributed by atoms with Crippen LogP contribution in [0.2, 0.25) is 0 Å². The summed E-state index contributed by atoms with van der Waals surface area (Å²) in [4.78, 5) is 31.6. The molecule has 1 saturated heterocycles. The fourth-order valence-electron chi connectivity index (χ4n) is 5.24. The van der Waals surface area contributed by atoms with Gasteiger partial charge >= 0.3 is 18.2 Å². The van der Waals surface area contributed by atoms with Gasteiger partial charge in [-0.3, -0.25) is 4.79 Å². The minimum atomic E-state index is -4.28. The molecule has 3 unspecified atom stereocenters. The molecule has 1 saturated carbocycles. The van der Waals surface area contributed by atoms with E-state index in [0.717, 1.165) is 0 Å². The zero-order valence-electron chi connectivity index (χ0n) is 20.8. The van der Waals surface area contributed by atoms with Crippen molar-refractivity contribution < 1.29 is 41.7 Å². The Hall–Kier alpha value is -2.89. The topological polar surface area (TPSA) is 114 Å². The number of amides is 1. The predicted molar refractivity (Wildman–Crippen MR) is 124 cm³/mol. The number of carboxylic acids is 1. The molecule has 4 rings (SSSR count). The van der Waals surface area contributed by atoms with E-state index < -0.39 is 53.5 Å². The number of carboxylic acid groups (broad SMARTS) is 1. The van der Waals surface area contributed by atoms with E-state index in [-0.39, 0.29) is 61.7 Å². The van der Waals surface area contributed by atoms with Gasteiger partial charge in [0.05, 0.1) is 36.6 Å². The molecule has 2 aromatic rings. The average molecular weight is 530 g/mol. The first-order valence-electron chi connectivity index (χ1n) is 12.3. The number of H-pyrrole nitrogens is 1. The number of aliphatic carboxylic acids is 1. The number of fused-ring (bicyclic) bond motifs is 1. The summed E-state index contributed by atoms with van der Waals surface area (Å²) in [5.74, 6) is -4.94. The summed E-state index contributed by atoms with van der Waals surface area (Å²) >= 11 is 0. The Morgan fingerprint density at radius 3 is 2.43 bits per heavy atom. The second kappa shape index (κ2) is 10.1. The number of nitrogens with zero attached hydrogens (tertiary/aromatic N) is 1. The Morgan fingerprint density at radius 1 is 1.16 bits per heavy atom. The van der Waals surface area contributed by atoms with Gasteiger partial charge in [-0.05, 0) is 64.0 Å². The molecule has 3 N–H and O–H groups in total. The van der Waals surface area contributed by atoms with Gasteiger partial charge in [-0.2, -0.15) is 13.2 Å². The maximum Gasteiger partial charge on any atom is 0.408 e. The molecular weight excluding hydrogens is 498 g/mol. The van der Waals surface area contributed by atoms with Crippen molar-refractivity contribution in [3.63, 3.8) is 0 Å². The van der Waals surface area contributed by atoms with Gasteiger partial charge in [-0.1, -0.05) is 6.07 Å². The normalized spacial score (nSPS) is 25.7. The van der Waals surface area contributed by atoms with Crippen molar-refractivity contribution in [2.75, 3.05) is 13.2 Å². The van der Waals surface area contributed by atoms with Gasteiger partial charge in [-0.15, -0.1) is 0 Å². The molecule has 1 amide bonds. The van der Waals surface area contributed by atoms with E-state index in [0.29, 0.717) is 5.52 Å². The van der Waals surface area contributed by atoms with Gasteiger partial charge in [0.15, 0.2) is 5.82 Å². The Labute approximate surface area is 211 Å². The SMILES string of the molecule is CC(C)(C)OC(=O)NC(c1nc2c(F)c(C3COCC3C(=O)O)ccc2[nH]1)C1CCC(C(F)(F)F)CC1. The molecular formula is C25H31F4N3O5. The highest BCUT2D eigenvalue weighted by molar-refractivity contribution is 5.78. The Kier molecular flexibility index (Phi) is 7.42. The monoisotopic (exact) mass is 529 g/mol. The highest BCUT2D eigenvalue weighted by atomic mass is 19.4. The molecule has 12 heteroatoms. The van der Waals surface area contributed by atoms with Crippen molar-refractivity contribution in [1.82, 2.24) is 15.3 Å². The van der Waals surface area contributed by atoms with E-state index in [1.165, 1.54) is 6.07 Å². The van der Waals surface area contributed by atoms with Crippen LogP contribution >= 0.6 is 0 Å². The number of hydrogen-bond acceptors (Lipinski definition) is 5. The number of benzene rings is 1. The largest absolute Gasteiger partial charge is 0.481 e. The van der Waals surface area contributed by atoms with E-state index in [2.05, 4.69) is 15.3 Å². The number of alkyl halides is 3. The molecule has 37 heavy (non-hydrogen) atoms. The molecule has 0 radical (unpaired) electrons. The lowest BCUT2D eigenvalue weighted by Crippen LogP contribution is -2.40. The summed E-state index contributed by atoms with van der Waals surface area (Å²) in [5, 5.41) is 12.2. The van der Waals surface area contributed by atoms with E-state index in [4.69, 9.17) is 9.47 Å². The van der Waals surface area contributed by atoms with Crippen LogP contribution in [0.15, 0.2) is 12.1 Å². The molecule has 204 valence electrons. The third-order valence-corrected chi connectivity index (χ3v) is 7.11. The third kappa shape index (κ3) is 6.00. The van der Waals surface area contributed by atoms with Crippen molar-refractivity contribution in [3.05, 3.63) is 29.3 Å². The van der Waals surface area contributed by atoms with Crippen molar-refractivity contribution in [3.8, 4) is 0 Å². The zero-order chi connectivity index (χ0) is 27.1. The highest BCUT2D eigenvalue weighted by Crippen LogP contribution is 2.43. The molecule has 1 aliphatic heterocycles. The summed E-state index contributed by atoms with van der Waals surface area (Å²) in [6, 6.07) is 2.23. The molecule has 8 nitrogen and oxygen atoms in total. The molecule has 1 aliphatic carbocycles. The van der Waals surface area contributed by atoms with E-state index >= 15 is 4.39 Å². The maximum absolute atomic E-state index is 15.6. The number of aromatic nitrogens is 2. The van der Waals surface area contributed by atoms with Gasteiger partial charge in [-0.25, -0.2) is 14.2 Å². The van der Waals surface area contributed by atoms with Gasteiger partial charge in [0.2, 0.25) is 0 Å². The molecule has 0 bridgehead atoms. The standard InChI is InChI=1S/C25H31F4N3O5/c1-24(2,3)37-23(35)32-19(12-4-6-13(7-5-12)25(27,28)29)21-30-17-9-8-14(18(26)20(17)31-21)15-10-36-11-16(15)22(33)34/h8-9,12-13,15-16,19H,4-7,10-11H2,1-3H3,(H,30,31)(H,32,35)(H,33,34). The Balaban J connectivity index is 1.65. The first-order valence-corrected chi connectivity index (χ1v) is 12.3. The van der Waals surface area contributed by atoms with Crippen molar-refractivity contribution in [2.24, 2.45) is 17.8 Å². The number of imidazole rings is 1. The summed E-state index contributed by atoms with van der Waals surface area (Å²) in [6.45, 7) is 5.09. The van der Waals surface area contributed by atoms with Gasteiger partial charge < -0.3 is 24.9 Å². The van der Waals surface area contributed by atoms with Crippen LogP contribution < -0.4 is 5.32 Å². The molecule has 2 fully saturated rings. The molecule has 2 heterocycles. The van der Waals surface area contributed by atoms with Crippen LogP contribution in [0.1, 0.15) is 69.8 Å². The summed E-state index contributed by atoms with van der Waals surface area (Å²) < 4.78 is 65.9. The van der Waals surface area contributed by atoms with Crippen LogP contribution in [0.3, 0.4) is 0 Å². The van der Waals surface area contributed by atoms with E-state index in [1.807, 2.05) is 0 Å². The van der Waals surface area contributed by atoms with Gasteiger partial charge in [0, 0.05) is 5.92 Å². The molecule has 1 aromatic carbocycles. The number of halogens is 4. The van der Waals surface area contributed by atoms with Crippen molar-refractivity contribution in [1.29, 1.82) is 0 Å². The lowest BCUT2D eigenvalue weighted by atomic mass is 9.78. The first-order chi connectivity index (χ1) is 17.2. The molecule has 2 aliphatic rings.